The highest BCUT2D eigenvalue weighted by Gasteiger charge is 2.10. The molecule has 1 heterocycles. The minimum absolute atomic E-state index is 0.808. The molecule has 1 aromatic rings. The molecule has 0 aliphatic rings. The Morgan fingerprint density at radius 1 is 1.14 bits per heavy atom. The van der Waals surface area contributed by atoms with Crippen molar-refractivity contribution < 1.29 is 0 Å². The molecule has 0 aliphatic carbocycles. The lowest BCUT2D eigenvalue weighted by molar-refractivity contribution is 0.224. The van der Waals surface area contributed by atoms with Gasteiger partial charge in [0.05, 0.1) is 5.69 Å². The summed E-state index contributed by atoms with van der Waals surface area (Å²) in [5.41, 5.74) is 2.46. The Morgan fingerprint density at radius 3 is 2.43 bits per heavy atom. The summed E-state index contributed by atoms with van der Waals surface area (Å²) in [5.74, 6) is 0.808. The van der Waals surface area contributed by atoms with Crippen molar-refractivity contribution >= 4 is 0 Å². The summed E-state index contributed by atoms with van der Waals surface area (Å²) in [4.78, 5) is 7.13. The van der Waals surface area contributed by atoms with Gasteiger partial charge in [-0.1, -0.05) is 46.6 Å². The molecule has 120 valence electrons. The molecule has 3 nitrogen and oxygen atoms in total. The van der Waals surface area contributed by atoms with Crippen LogP contribution in [0.3, 0.4) is 0 Å². The summed E-state index contributed by atoms with van der Waals surface area (Å²) in [7, 11) is 0. The smallest absolute Gasteiger partial charge is 0.0544 e. The maximum atomic E-state index is 4.62. The highest BCUT2D eigenvalue weighted by atomic mass is 15.1. The lowest BCUT2D eigenvalue weighted by Crippen LogP contribution is -2.29. The second-order valence-corrected chi connectivity index (χ2v) is 5.84. The Labute approximate surface area is 131 Å². The van der Waals surface area contributed by atoms with Gasteiger partial charge in [-0.2, -0.15) is 0 Å². The van der Waals surface area contributed by atoms with E-state index in [9.17, 15) is 0 Å². The van der Waals surface area contributed by atoms with Crippen molar-refractivity contribution in [3.8, 4) is 0 Å². The van der Waals surface area contributed by atoms with E-state index in [1.807, 2.05) is 6.20 Å². The second kappa shape index (κ2) is 10.7. The highest BCUT2D eigenvalue weighted by molar-refractivity contribution is 5.14. The van der Waals surface area contributed by atoms with Crippen molar-refractivity contribution in [2.45, 2.75) is 60.0 Å². The lowest BCUT2D eigenvalue weighted by Gasteiger charge is -2.24. The van der Waals surface area contributed by atoms with Gasteiger partial charge < -0.3 is 5.32 Å². The number of nitrogens with one attached hydrogen (secondary N) is 1. The van der Waals surface area contributed by atoms with Gasteiger partial charge in [0.25, 0.3) is 0 Å². The summed E-state index contributed by atoms with van der Waals surface area (Å²) in [6.45, 7) is 14.3. The zero-order valence-electron chi connectivity index (χ0n) is 14.4. The normalized spacial score (nSPS) is 11.5. The Morgan fingerprint density at radius 2 is 1.90 bits per heavy atom. The topological polar surface area (TPSA) is 28.2 Å². The standard InChI is InChI=1S/C18H33N3/c1-5-11-19-12-17-9-10-18(20-13-17)15-21(8-4)14-16(6-2)7-3/h9-10,13,16,19H,5-8,11-12,14-15H2,1-4H3. The van der Waals surface area contributed by atoms with Crippen molar-refractivity contribution in [2.75, 3.05) is 19.6 Å². The van der Waals surface area contributed by atoms with Gasteiger partial charge in [0.1, 0.15) is 0 Å². The molecule has 0 saturated carbocycles. The highest BCUT2D eigenvalue weighted by Crippen LogP contribution is 2.12. The molecule has 0 atom stereocenters. The summed E-state index contributed by atoms with van der Waals surface area (Å²) >= 11 is 0. The molecule has 0 spiro atoms. The first-order chi connectivity index (χ1) is 10.2. The van der Waals surface area contributed by atoms with Crippen LogP contribution in [0.5, 0.6) is 0 Å². The largest absolute Gasteiger partial charge is 0.313 e. The Kier molecular flexibility index (Phi) is 9.27. The lowest BCUT2D eigenvalue weighted by atomic mass is 10.0. The fraction of sp³-hybridized carbons (Fsp3) is 0.722. The van der Waals surface area contributed by atoms with Gasteiger partial charge in [0.2, 0.25) is 0 Å². The third kappa shape index (κ3) is 7.05. The molecular weight excluding hydrogens is 258 g/mol. The fourth-order valence-corrected chi connectivity index (χ4v) is 2.51. The number of nitrogens with zero attached hydrogens (tertiary/aromatic N) is 2. The van der Waals surface area contributed by atoms with E-state index in [4.69, 9.17) is 0 Å². The fourth-order valence-electron chi connectivity index (χ4n) is 2.51. The maximum absolute atomic E-state index is 4.62. The van der Waals surface area contributed by atoms with Crippen molar-refractivity contribution in [3.63, 3.8) is 0 Å². The van der Waals surface area contributed by atoms with Crippen molar-refractivity contribution in [2.24, 2.45) is 5.92 Å². The first kappa shape index (κ1) is 18.1. The molecule has 1 rings (SSSR count). The van der Waals surface area contributed by atoms with Crippen LogP contribution in [0, 0.1) is 5.92 Å². The van der Waals surface area contributed by atoms with Crippen LogP contribution in [0.15, 0.2) is 18.3 Å². The van der Waals surface area contributed by atoms with E-state index in [0.717, 1.165) is 32.1 Å². The third-order valence-electron chi connectivity index (χ3n) is 4.15. The van der Waals surface area contributed by atoms with E-state index in [0.29, 0.717) is 0 Å². The molecule has 1 aromatic heterocycles. The van der Waals surface area contributed by atoms with Crippen molar-refractivity contribution in [3.05, 3.63) is 29.6 Å². The van der Waals surface area contributed by atoms with Gasteiger partial charge in [0, 0.05) is 25.8 Å². The predicted molar refractivity (Wildman–Crippen MR) is 91.3 cm³/mol. The number of hydrogen-bond acceptors (Lipinski definition) is 3. The van der Waals surface area contributed by atoms with Crippen LogP contribution >= 0.6 is 0 Å². The summed E-state index contributed by atoms with van der Waals surface area (Å²) < 4.78 is 0. The molecule has 3 heteroatoms. The number of rotatable bonds is 11. The average Bonchev–Trinajstić information content (AvgIpc) is 2.53. The molecule has 0 fully saturated rings. The van der Waals surface area contributed by atoms with Crippen LogP contribution in [-0.4, -0.2) is 29.5 Å². The summed E-state index contributed by atoms with van der Waals surface area (Å²) in [5, 5.41) is 3.41. The first-order valence-corrected chi connectivity index (χ1v) is 8.60. The molecule has 21 heavy (non-hydrogen) atoms. The minimum Gasteiger partial charge on any atom is -0.313 e. The van der Waals surface area contributed by atoms with E-state index in [-0.39, 0.29) is 0 Å². The van der Waals surface area contributed by atoms with Crippen LogP contribution in [0.2, 0.25) is 0 Å². The Balaban J connectivity index is 2.48. The van der Waals surface area contributed by atoms with Crippen LogP contribution in [0.25, 0.3) is 0 Å². The van der Waals surface area contributed by atoms with Gasteiger partial charge in [-0.15, -0.1) is 0 Å². The van der Waals surface area contributed by atoms with E-state index in [1.54, 1.807) is 0 Å². The molecule has 0 radical (unpaired) electrons. The van der Waals surface area contributed by atoms with Gasteiger partial charge >= 0.3 is 0 Å². The molecule has 1 N–H and O–H groups in total. The quantitative estimate of drug-likeness (QED) is 0.628. The molecule has 0 bridgehead atoms. The van der Waals surface area contributed by atoms with Gasteiger partial charge in [-0.05, 0) is 37.1 Å². The predicted octanol–water partition coefficient (Wildman–Crippen LogP) is 3.84. The first-order valence-electron chi connectivity index (χ1n) is 8.60. The number of aromatic nitrogens is 1. The molecule has 0 saturated heterocycles. The monoisotopic (exact) mass is 291 g/mol. The summed E-state index contributed by atoms with van der Waals surface area (Å²) in [6, 6.07) is 4.38. The van der Waals surface area contributed by atoms with Crippen LogP contribution in [-0.2, 0) is 13.1 Å². The maximum Gasteiger partial charge on any atom is 0.0544 e. The van der Waals surface area contributed by atoms with Crippen LogP contribution in [0.4, 0.5) is 0 Å². The van der Waals surface area contributed by atoms with E-state index in [1.165, 1.54) is 37.1 Å². The Hall–Kier alpha value is -0.930. The number of pyridine rings is 1. The van der Waals surface area contributed by atoms with Gasteiger partial charge in [-0.3, -0.25) is 9.88 Å². The van der Waals surface area contributed by atoms with E-state index >= 15 is 0 Å². The molecule has 0 amide bonds. The third-order valence-corrected chi connectivity index (χ3v) is 4.15. The van der Waals surface area contributed by atoms with E-state index in [2.05, 4.69) is 55.0 Å². The van der Waals surface area contributed by atoms with E-state index < -0.39 is 0 Å². The molecule has 0 unspecified atom stereocenters. The zero-order chi connectivity index (χ0) is 15.5. The average molecular weight is 291 g/mol. The van der Waals surface area contributed by atoms with Crippen molar-refractivity contribution in [1.82, 2.24) is 15.2 Å². The molecular formula is C18H33N3. The zero-order valence-corrected chi connectivity index (χ0v) is 14.4. The number of hydrogen-bond donors (Lipinski definition) is 1. The SMILES string of the molecule is CCCNCc1ccc(CN(CC)CC(CC)CC)nc1. The van der Waals surface area contributed by atoms with Gasteiger partial charge in [-0.25, -0.2) is 0 Å². The summed E-state index contributed by atoms with van der Waals surface area (Å²) in [6.07, 6.45) is 5.72. The van der Waals surface area contributed by atoms with Gasteiger partial charge in [0.15, 0.2) is 0 Å². The van der Waals surface area contributed by atoms with Crippen LogP contribution < -0.4 is 5.32 Å². The van der Waals surface area contributed by atoms with Crippen LogP contribution in [0.1, 0.15) is 58.2 Å². The Bertz CT molecular complexity index is 357. The molecule has 0 aromatic carbocycles. The molecule has 0 aliphatic heterocycles. The van der Waals surface area contributed by atoms with Crippen molar-refractivity contribution in [1.29, 1.82) is 0 Å². The second-order valence-electron chi connectivity index (χ2n) is 5.84. The minimum atomic E-state index is 0.808.